The van der Waals surface area contributed by atoms with Gasteiger partial charge < -0.3 is 10.8 Å². The second-order valence-corrected chi connectivity index (χ2v) is 2.32. The van der Waals surface area contributed by atoms with E-state index in [-0.39, 0.29) is 19.0 Å². The molecule has 0 aromatic heterocycles. The molecule has 0 heterocycles. The van der Waals surface area contributed by atoms with Gasteiger partial charge in [0.15, 0.2) is 0 Å². The first-order valence-electron chi connectivity index (χ1n) is 3.29. The molecule has 0 radical (unpaired) electrons. The summed E-state index contributed by atoms with van der Waals surface area (Å²) in [5, 5.41) is 8.14. The van der Waals surface area contributed by atoms with Crippen molar-refractivity contribution in [3.05, 3.63) is 30.3 Å². The lowest BCUT2D eigenvalue weighted by molar-refractivity contribution is -0.110. The van der Waals surface area contributed by atoms with Gasteiger partial charge in [-0.15, -0.1) is 12.4 Å². The zero-order chi connectivity index (χ0) is 9.40. The molecule has 0 unspecified atom stereocenters. The van der Waals surface area contributed by atoms with E-state index in [0.29, 0.717) is 5.75 Å². The molecule has 3 nitrogen and oxygen atoms in total. The van der Waals surface area contributed by atoms with Gasteiger partial charge in [0.05, 0.1) is 6.54 Å². The van der Waals surface area contributed by atoms with E-state index in [4.69, 9.17) is 16.7 Å². The number of hydrogen-bond donors (Lipinski definition) is 2. The highest BCUT2D eigenvalue weighted by Gasteiger charge is 1.81. The molecule has 0 saturated carbocycles. The zero-order valence-corrected chi connectivity index (χ0v) is 8.39. The molecule has 13 heavy (non-hydrogen) atoms. The maximum absolute atomic E-state index is 9.45. The Kier molecular flexibility index (Phi) is 10.6. The molecule has 74 valence electrons. The van der Waals surface area contributed by atoms with E-state index in [1.807, 2.05) is 6.07 Å². The predicted molar refractivity (Wildman–Crippen MR) is 55.3 cm³/mol. The van der Waals surface area contributed by atoms with Gasteiger partial charge in [0.2, 0.25) is 5.24 Å². The van der Waals surface area contributed by atoms with Gasteiger partial charge in [0.1, 0.15) is 5.75 Å². The van der Waals surface area contributed by atoms with E-state index in [1.165, 1.54) is 0 Å². The largest absolute Gasteiger partial charge is 0.508 e. The summed E-state index contributed by atoms with van der Waals surface area (Å²) in [7, 11) is 0. The number of carbonyl (C=O) groups is 1. The monoisotopic (exact) mass is 223 g/mol. The number of para-hydroxylation sites is 1. The Morgan fingerprint density at radius 2 is 1.77 bits per heavy atom. The number of phenolic OH excluding ortho intramolecular Hbond substituents is 1. The minimum absolute atomic E-state index is 0. The third-order valence-electron chi connectivity index (χ3n) is 0.917. The average molecular weight is 224 g/mol. The summed E-state index contributed by atoms with van der Waals surface area (Å²) in [5.74, 6) is 0.322. The van der Waals surface area contributed by atoms with Crippen LogP contribution in [0.25, 0.3) is 0 Å². The quantitative estimate of drug-likeness (QED) is 0.711. The minimum Gasteiger partial charge on any atom is -0.508 e. The molecule has 0 atom stereocenters. The standard InChI is InChI=1S/C6H6O.C2H4ClNO.ClH/c7-6-4-2-1-3-5-6;3-2(5)1-4;/h1-5,7H;1,4H2;1H. The summed E-state index contributed by atoms with van der Waals surface area (Å²) in [4.78, 5) is 9.45. The first kappa shape index (κ1) is 14.7. The van der Waals surface area contributed by atoms with Crippen molar-refractivity contribution in [2.75, 3.05) is 6.54 Å². The van der Waals surface area contributed by atoms with Gasteiger partial charge in [-0.1, -0.05) is 18.2 Å². The number of carbonyl (C=O) groups excluding carboxylic acids is 1. The third-order valence-corrected chi connectivity index (χ3v) is 1.07. The highest BCUT2D eigenvalue weighted by molar-refractivity contribution is 6.64. The van der Waals surface area contributed by atoms with Crippen molar-refractivity contribution < 1.29 is 9.90 Å². The lowest BCUT2D eigenvalue weighted by atomic mass is 10.3. The number of aromatic hydroxyl groups is 1. The highest BCUT2D eigenvalue weighted by atomic mass is 35.5. The lowest BCUT2D eigenvalue weighted by Gasteiger charge is -1.82. The number of halogens is 2. The van der Waals surface area contributed by atoms with Crippen molar-refractivity contribution in [2.24, 2.45) is 5.73 Å². The number of benzene rings is 1. The second-order valence-electron chi connectivity index (χ2n) is 1.89. The van der Waals surface area contributed by atoms with Crippen LogP contribution in [0.3, 0.4) is 0 Å². The predicted octanol–water partition coefficient (Wildman–Crippen LogP) is 1.52. The summed E-state index contributed by atoms with van der Waals surface area (Å²) >= 11 is 4.70. The molecule has 3 N–H and O–H groups in total. The SMILES string of the molecule is Cl.NCC(=O)Cl.Oc1ccccc1. The molecule has 1 aromatic carbocycles. The molecule has 0 aliphatic heterocycles. The van der Waals surface area contributed by atoms with Gasteiger partial charge in [-0.3, -0.25) is 4.79 Å². The van der Waals surface area contributed by atoms with Crippen LogP contribution in [0.5, 0.6) is 5.75 Å². The van der Waals surface area contributed by atoms with Gasteiger partial charge in [-0.2, -0.15) is 0 Å². The van der Waals surface area contributed by atoms with Crippen LogP contribution in [0, 0.1) is 0 Å². The van der Waals surface area contributed by atoms with E-state index < -0.39 is 5.24 Å². The Balaban J connectivity index is 0. The van der Waals surface area contributed by atoms with Crippen LogP contribution < -0.4 is 5.73 Å². The summed E-state index contributed by atoms with van der Waals surface area (Å²) in [6.45, 7) is -0.0679. The molecule has 5 heteroatoms. The summed E-state index contributed by atoms with van der Waals surface area (Å²) < 4.78 is 0. The maximum atomic E-state index is 9.45. The van der Waals surface area contributed by atoms with Gasteiger partial charge in [-0.25, -0.2) is 0 Å². The summed E-state index contributed by atoms with van der Waals surface area (Å²) in [6, 6.07) is 8.71. The fourth-order valence-electron chi connectivity index (χ4n) is 0.428. The van der Waals surface area contributed by atoms with Crippen molar-refractivity contribution in [1.29, 1.82) is 0 Å². The molecular formula is C8H11Cl2NO2. The fourth-order valence-corrected chi connectivity index (χ4v) is 0.428. The van der Waals surface area contributed by atoms with Crippen LogP contribution in [-0.4, -0.2) is 16.9 Å². The summed E-state index contributed by atoms with van der Waals surface area (Å²) in [5.41, 5.74) is 4.69. The molecule has 0 spiro atoms. The number of hydrogen-bond acceptors (Lipinski definition) is 3. The van der Waals surface area contributed by atoms with E-state index >= 15 is 0 Å². The van der Waals surface area contributed by atoms with Crippen LogP contribution in [0.4, 0.5) is 0 Å². The van der Waals surface area contributed by atoms with Crippen molar-refractivity contribution >= 4 is 29.3 Å². The van der Waals surface area contributed by atoms with Crippen molar-refractivity contribution in [3.63, 3.8) is 0 Å². The molecule has 0 bridgehead atoms. The fraction of sp³-hybridized carbons (Fsp3) is 0.125. The van der Waals surface area contributed by atoms with E-state index in [1.54, 1.807) is 24.3 Å². The Morgan fingerprint density at radius 1 is 1.38 bits per heavy atom. The molecule has 1 aromatic rings. The maximum Gasteiger partial charge on any atom is 0.235 e. The minimum atomic E-state index is -0.495. The Morgan fingerprint density at radius 3 is 1.92 bits per heavy atom. The van der Waals surface area contributed by atoms with Crippen molar-refractivity contribution in [3.8, 4) is 5.75 Å². The Bertz CT molecular complexity index is 229. The second kappa shape index (κ2) is 9.32. The van der Waals surface area contributed by atoms with Gasteiger partial charge in [0, 0.05) is 0 Å². The first-order chi connectivity index (χ1) is 5.66. The molecule has 0 saturated heterocycles. The first-order valence-corrected chi connectivity index (χ1v) is 3.67. The van der Waals surface area contributed by atoms with E-state index in [9.17, 15) is 4.79 Å². The Hall–Kier alpha value is -0.770. The molecular weight excluding hydrogens is 213 g/mol. The molecule has 1 rings (SSSR count). The topological polar surface area (TPSA) is 63.3 Å². The number of phenols is 1. The normalized spacial score (nSPS) is 7.54. The van der Waals surface area contributed by atoms with Crippen LogP contribution in [0.2, 0.25) is 0 Å². The van der Waals surface area contributed by atoms with Crippen LogP contribution in [-0.2, 0) is 4.79 Å². The zero-order valence-electron chi connectivity index (χ0n) is 6.81. The van der Waals surface area contributed by atoms with Crippen LogP contribution >= 0.6 is 24.0 Å². The number of nitrogens with two attached hydrogens (primary N) is 1. The highest BCUT2D eigenvalue weighted by Crippen LogP contribution is 2.02. The third kappa shape index (κ3) is 11.2. The molecule has 0 amide bonds. The van der Waals surface area contributed by atoms with Crippen molar-refractivity contribution in [1.82, 2.24) is 0 Å². The van der Waals surface area contributed by atoms with Gasteiger partial charge in [-0.05, 0) is 23.7 Å². The molecule has 0 aliphatic carbocycles. The van der Waals surface area contributed by atoms with E-state index in [0.717, 1.165) is 0 Å². The Labute approximate surface area is 87.9 Å². The van der Waals surface area contributed by atoms with Gasteiger partial charge in [0.25, 0.3) is 0 Å². The van der Waals surface area contributed by atoms with Crippen LogP contribution in [0.15, 0.2) is 30.3 Å². The lowest BCUT2D eigenvalue weighted by Crippen LogP contribution is -2.05. The van der Waals surface area contributed by atoms with E-state index in [2.05, 4.69) is 5.73 Å². The summed E-state index contributed by atoms with van der Waals surface area (Å²) in [6.07, 6.45) is 0. The van der Waals surface area contributed by atoms with Crippen LogP contribution in [0.1, 0.15) is 0 Å². The molecule has 0 fully saturated rings. The smallest absolute Gasteiger partial charge is 0.235 e. The van der Waals surface area contributed by atoms with Gasteiger partial charge >= 0.3 is 0 Å². The number of rotatable bonds is 1. The molecule has 0 aliphatic rings. The average Bonchev–Trinajstić information content (AvgIpc) is 2.07. The van der Waals surface area contributed by atoms with Crippen molar-refractivity contribution in [2.45, 2.75) is 0 Å².